The minimum atomic E-state index is 0.872. The highest BCUT2D eigenvalue weighted by molar-refractivity contribution is 5.45. The van der Waals surface area contributed by atoms with Gasteiger partial charge in [0.15, 0.2) is 0 Å². The third-order valence-corrected chi connectivity index (χ3v) is 3.39. The van der Waals surface area contributed by atoms with E-state index in [0.717, 1.165) is 38.2 Å². The second kappa shape index (κ2) is 6.03. The van der Waals surface area contributed by atoms with Crippen molar-refractivity contribution >= 4 is 5.69 Å². The van der Waals surface area contributed by atoms with Crippen LogP contribution in [-0.2, 0) is 17.7 Å². The number of ether oxygens (including phenoxy) is 1. The lowest BCUT2D eigenvalue weighted by molar-refractivity contribution is 0.181. The number of hydrogen-bond acceptors (Lipinski definition) is 3. The van der Waals surface area contributed by atoms with E-state index >= 15 is 0 Å². The highest BCUT2D eigenvalue weighted by Gasteiger charge is 2.15. The summed E-state index contributed by atoms with van der Waals surface area (Å²) in [6.07, 6.45) is 3.52. The summed E-state index contributed by atoms with van der Waals surface area (Å²) < 4.78 is 5.07. The molecule has 2 rings (SSSR count). The average Bonchev–Trinajstić information content (AvgIpc) is 2.34. The van der Waals surface area contributed by atoms with Crippen molar-refractivity contribution in [1.82, 2.24) is 4.90 Å². The third kappa shape index (κ3) is 3.45. The lowest BCUT2D eigenvalue weighted by atomic mass is 9.99. The van der Waals surface area contributed by atoms with Crippen molar-refractivity contribution in [2.24, 2.45) is 0 Å². The Balaban J connectivity index is 1.85. The van der Waals surface area contributed by atoms with Gasteiger partial charge in [-0.15, -0.1) is 0 Å². The lowest BCUT2D eigenvalue weighted by Crippen LogP contribution is -2.31. The number of nitrogens with two attached hydrogens (primary N) is 1. The van der Waals surface area contributed by atoms with E-state index in [2.05, 4.69) is 17.0 Å². The first kappa shape index (κ1) is 12.4. The first-order valence-electron chi connectivity index (χ1n) is 6.38. The van der Waals surface area contributed by atoms with Gasteiger partial charge < -0.3 is 10.5 Å². The molecule has 0 atom stereocenters. The molecule has 0 saturated heterocycles. The molecule has 0 spiro atoms. The van der Waals surface area contributed by atoms with Crippen molar-refractivity contribution in [3.8, 4) is 0 Å². The number of unbranched alkanes of at least 4 members (excludes halogenated alkanes) is 1. The Morgan fingerprint density at radius 2 is 2.18 bits per heavy atom. The van der Waals surface area contributed by atoms with E-state index in [1.54, 1.807) is 7.11 Å². The van der Waals surface area contributed by atoms with Crippen LogP contribution >= 0.6 is 0 Å². The predicted molar refractivity (Wildman–Crippen MR) is 70.9 cm³/mol. The molecular weight excluding hydrogens is 212 g/mol. The van der Waals surface area contributed by atoms with Gasteiger partial charge in [0.25, 0.3) is 0 Å². The van der Waals surface area contributed by atoms with Crippen molar-refractivity contribution in [1.29, 1.82) is 0 Å². The largest absolute Gasteiger partial charge is 0.399 e. The molecule has 0 fully saturated rings. The molecule has 0 aliphatic carbocycles. The van der Waals surface area contributed by atoms with Crippen molar-refractivity contribution in [2.75, 3.05) is 32.5 Å². The molecule has 1 aromatic carbocycles. The van der Waals surface area contributed by atoms with Gasteiger partial charge in [-0.2, -0.15) is 0 Å². The Morgan fingerprint density at radius 1 is 1.29 bits per heavy atom. The van der Waals surface area contributed by atoms with E-state index in [0.29, 0.717) is 0 Å². The molecular formula is C14H22N2O. The van der Waals surface area contributed by atoms with Crippen LogP contribution in [0.15, 0.2) is 18.2 Å². The number of fused-ring (bicyclic) bond motifs is 1. The van der Waals surface area contributed by atoms with Crippen molar-refractivity contribution in [3.63, 3.8) is 0 Å². The van der Waals surface area contributed by atoms with Crippen LogP contribution in [0.4, 0.5) is 5.69 Å². The van der Waals surface area contributed by atoms with Gasteiger partial charge in [0.2, 0.25) is 0 Å². The van der Waals surface area contributed by atoms with Gasteiger partial charge in [0.1, 0.15) is 0 Å². The van der Waals surface area contributed by atoms with Crippen molar-refractivity contribution in [3.05, 3.63) is 29.3 Å². The summed E-state index contributed by atoms with van der Waals surface area (Å²) in [5, 5.41) is 0. The number of methoxy groups -OCH3 is 1. The Morgan fingerprint density at radius 3 is 3.00 bits per heavy atom. The van der Waals surface area contributed by atoms with Gasteiger partial charge in [0.05, 0.1) is 0 Å². The van der Waals surface area contributed by atoms with E-state index in [1.807, 2.05) is 6.07 Å². The van der Waals surface area contributed by atoms with E-state index in [4.69, 9.17) is 10.5 Å². The first-order valence-corrected chi connectivity index (χ1v) is 6.38. The van der Waals surface area contributed by atoms with Crippen molar-refractivity contribution < 1.29 is 4.74 Å². The molecule has 94 valence electrons. The summed E-state index contributed by atoms with van der Waals surface area (Å²) in [4.78, 5) is 2.51. The third-order valence-electron chi connectivity index (χ3n) is 3.39. The fourth-order valence-corrected chi connectivity index (χ4v) is 2.41. The van der Waals surface area contributed by atoms with Crippen LogP contribution < -0.4 is 5.73 Å². The molecule has 2 N–H and O–H groups in total. The Bertz CT molecular complexity index is 365. The monoisotopic (exact) mass is 234 g/mol. The number of nitrogen functional groups attached to an aromatic ring is 1. The first-order chi connectivity index (χ1) is 8.29. The second-order valence-corrected chi connectivity index (χ2v) is 4.75. The highest BCUT2D eigenvalue weighted by atomic mass is 16.5. The summed E-state index contributed by atoms with van der Waals surface area (Å²) >= 11 is 0. The standard InChI is InChI=1S/C14H22N2O/c1-17-9-3-2-7-16-8-6-12-4-5-14(15)10-13(12)11-16/h4-5,10H,2-3,6-9,11,15H2,1H3. The fraction of sp³-hybridized carbons (Fsp3) is 0.571. The zero-order valence-corrected chi connectivity index (χ0v) is 10.6. The normalized spacial score (nSPS) is 15.8. The number of hydrogen-bond donors (Lipinski definition) is 1. The van der Waals surface area contributed by atoms with Gasteiger partial charge in [-0.3, -0.25) is 4.90 Å². The Hall–Kier alpha value is -1.06. The van der Waals surface area contributed by atoms with Crippen LogP contribution in [0.25, 0.3) is 0 Å². The minimum absolute atomic E-state index is 0.872. The molecule has 1 aromatic rings. The zero-order valence-electron chi connectivity index (χ0n) is 10.6. The molecule has 1 aliphatic heterocycles. The number of rotatable bonds is 5. The van der Waals surface area contributed by atoms with Gasteiger partial charge >= 0.3 is 0 Å². The maximum atomic E-state index is 5.83. The molecule has 1 heterocycles. The van der Waals surface area contributed by atoms with Gasteiger partial charge in [-0.25, -0.2) is 0 Å². The van der Waals surface area contributed by atoms with E-state index in [1.165, 1.54) is 24.1 Å². The summed E-state index contributed by atoms with van der Waals surface area (Å²) in [6.45, 7) is 4.26. The van der Waals surface area contributed by atoms with Crippen LogP contribution in [0.3, 0.4) is 0 Å². The summed E-state index contributed by atoms with van der Waals surface area (Å²) in [6, 6.07) is 6.30. The summed E-state index contributed by atoms with van der Waals surface area (Å²) in [5.74, 6) is 0. The van der Waals surface area contributed by atoms with Crippen LogP contribution in [0, 0.1) is 0 Å². The SMILES string of the molecule is COCCCCN1CCc2ccc(N)cc2C1. The second-order valence-electron chi connectivity index (χ2n) is 4.75. The molecule has 0 saturated carbocycles. The Labute approximate surface area is 104 Å². The topological polar surface area (TPSA) is 38.5 Å². The van der Waals surface area contributed by atoms with E-state index < -0.39 is 0 Å². The molecule has 0 aromatic heterocycles. The van der Waals surface area contributed by atoms with E-state index in [-0.39, 0.29) is 0 Å². The van der Waals surface area contributed by atoms with Crippen LogP contribution in [0.1, 0.15) is 24.0 Å². The van der Waals surface area contributed by atoms with Gasteiger partial charge in [-0.05, 0) is 49.1 Å². The van der Waals surface area contributed by atoms with Gasteiger partial charge in [-0.1, -0.05) is 6.07 Å². The van der Waals surface area contributed by atoms with Crippen LogP contribution in [-0.4, -0.2) is 31.7 Å². The molecule has 0 amide bonds. The molecule has 0 radical (unpaired) electrons. The maximum absolute atomic E-state index is 5.83. The van der Waals surface area contributed by atoms with Crippen molar-refractivity contribution in [2.45, 2.75) is 25.8 Å². The zero-order chi connectivity index (χ0) is 12.1. The molecule has 3 heteroatoms. The molecule has 17 heavy (non-hydrogen) atoms. The van der Waals surface area contributed by atoms with Crippen LogP contribution in [0.2, 0.25) is 0 Å². The molecule has 0 bridgehead atoms. The smallest absolute Gasteiger partial charge is 0.0462 e. The predicted octanol–water partition coefficient (Wildman–Crippen LogP) is 2.05. The van der Waals surface area contributed by atoms with E-state index in [9.17, 15) is 0 Å². The fourth-order valence-electron chi connectivity index (χ4n) is 2.41. The average molecular weight is 234 g/mol. The quantitative estimate of drug-likeness (QED) is 0.626. The minimum Gasteiger partial charge on any atom is -0.399 e. The molecule has 1 aliphatic rings. The van der Waals surface area contributed by atoms with Crippen LogP contribution in [0.5, 0.6) is 0 Å². The van der Waals surface area contributed by atoms with Gasteiger partial charge in [0, 0.05) is 32.5 Å². The number of nitrogens with zero attached hydrogens (tertiary/aromatic N) is 1. The number of anilines is 1. The summed E-state index contributed by atoms with van der Waals surface area (Å²) in [5.41, 5.74) is 9.58. The lowest BCUT2D eigenvalue weighted by Gasteiger charge is -2.28. The highest BCUT2D eigenvalue weighted by Crippen LogP contribution is 2.21. The molecule has 3 nitrogen and oxygen atoms in total. The Kier molecular flexibility index (Phi) is 4.40. The number of benzene rings is 1. The molecule has 0 unspecified atom stereocenters. The maximum Gasteiger partial charge on any atom is 0.0462 e. The summed E-state index contributed by atoms with van der Waals surface area (Å²) in [7, 11) is 1.76.